The Bertz CT molecular complexity index is 429. The lowest BCUT2D eigenvalue weighted by molar-refractivity contribution is -0.0894. The number of aromatic nitrogens is 3. The van der Waals surface area contributed by atoms with Gasteiger partial charge in [-0.1, -0.05) is 0 Å². The maximum Gasteiger partial charge on any atom is 0.249 e. The third kappa shape index (κ3) is 2.02. The van der Waals surface area contributed by atoms with E-state index in [-0.39, 0.29) is 18.8 Å². The maximum absolute atomic E-state index is 13.0. The van der Waals surface area contributed by atoms with Crippen molar-refractivity contribution < 1.29 is 8.78 Å². The summed E-state index contributed by atoms with van der Waals surface area (Å²) in [5.41, 5.74) is 0. The van der Waals surface area contributed by atoms with Crippen molar-refractivity contribution in [1.82, 2.24) is 20.1 Å². The topological polar surface area (TPSA) is 42.7 Å². The van der Waals surface area contributed by atoms with Crippen LogP contribution in [0.15, 0.2) is 0 Å². The normalized spacial score (nSPS) is 28.1. The van der Waals surface area contributed by atoms with Crippen LogP contribution in [-0.2, 0) is 0 Å². The number of halogens is 2. The summed E-state index contributed by atoms with van der Waals surface area (Å²) in [6.07, 6.45) is 2.03. The summed E-state index contributed by atoms with van der Waals surface area (Å²) in [6, 6.07) is 0.318. The third-order valence-electron chi connectivity index (χ3n) is 3.98. The van der Waals surface area contributed by atoms with Gasteiger partial charge in [-0.15, -0.1) is 10.2 Å². The van der Waals surface area contributed by atoms with Crippen molar-refractivity contribution in [3.8, 4) is 0 Å². The van der Waals surface area contributed by atoms with Crippen LogP contribution >= 0.6 is 0 Å². The predicted molar refractivity (Wildman–Crippen MR) is 62.8 cm³/mol. The van der Waals surface area contributed by atoms with Crippen LogP contribution in [-0.4, -0.2) is 33.8 Å². The SMILES string of the molecule is Cc1nnc(C2CC(F)(F)C2)n1C1CCCNC1. The molecule has 2 fully saturated rings. The first-order valence-corrected chi connectivity index (χ1v) is 6.57. The number of aryl methyl sites for hydroxylation is 1. The quantitative estimate of drug-likeness (QED) is 0.880. The summed E-state index contributed by atoms with van der Waals surface area (Å²) in [4.78, 5) is 0. The number of alkyl halides is 2. The fraction of sp³-hybridized carbons (Fsp3) is 0.833. The van der Waals surface area contributed by atoms with Gasteiger partial charge in [-0.3, -0.25) is 0 Å². The molecule has 2 aliphatic rings. The Morgan fingerprint density at radius 1 is 1.33 bits per heavy atom. The summed E-state index contributed by atoms with van der Waals surface area (Å²) in [5.74, 6) is -1.02. The molecule has 0 spiro atoms. The zero-order valence-corrected chi connectivity index (χ0v) is 10.5. The largest absolute Gasteiger partial charge is 0.315 e. The standard InChI is InChI=1S/C12H18F2N4/c1-8-16-17-11(9-5-12(13,14)6-9)18(8)10-3-2-4-15-7-10/h9-10,15H,2-7H2,1H3. The molecule has 2 heterocycles. The zero-order chi connectivity index (χ0) is 12.8. The van der Waals surface area contributed by atoms with Crippen LogP contribution < -0.4 is 5.32 Å². The minimum Gasteiger partial charge on any atom is -0.315 e. The second-order valence-corrected chi connectivity index (χ2v) is 5.44. The monoisotopic (exact) mass is 256 g/mol. The van der Waals surface area contributed by atoms with Crippen molar-refractivity contribution in [3.05, 3.63) is 11.6 Å². The van der Waals surface area contributed by atoms with E-state index < -0.39 is 5.92 Å². The molecule has 18 heavy (non-hydrogen) atoms. The van der Waals surface area contributed by atoms with E-state index in [1.54, 1.807) is 0 Å². The van der Waals surface area contributed by atoms with Gasteiger partial charge >= 0.3 is 0 Å². The molecule has 1 aromatic rings. The Balaban J connectivity index is 1.83. The van der Waals surface area contributed by atoms with Crippen LogP contribution in [0.1, 0.15) is 49.3 Å². The molecule has 1 unspecified atom stereocenters. The van der Waals surface area contributed by atoms with E-state index in [4.69, 9.17) is 0 Å². The summed E-state index contributed by atoms with van der Waals surface area (Å²) in [5, 5.41) is 11.6. The van der Waals surface area contributed by atoms with Crippen molar-refractivity contribution in [3.63, 3.8) is 0 Å². The maximum atomic E-state index is 13.0. The van der Waals surface area contributed by atoms with Gasteiger partial charge in [0.25, 0.3) is 0 Å². The molecule has 3 rings (SSSR count). The van der Waals surface area contributed by atoms with Crippen LogP contribution in [0.3, 0.4) is 0 Å². The van der Waals surface area contributed by atoms with Crippen LogP contribution in [0.25, 0.3) is 0 Å². The second-order valence-electron chi connectivity index (χ2n) is 5.44. The van der Waals surface area contributed by atoms with Crippen molar-refractivity contribution >= 4 is 0 Å². The number of hydrogen-bond acceptors (Lipinski definition) is 3. The van der Waals surface area contributed by atoms with Crippen LogP contribution in [0.5, 0.6) is 0 Å². The van der Waals surface area contributed by atoms with Gasteiger partial charge in [0.2, 0.25) is 5.92 Å². The van der Waals surface area contributed by atoms with Crippen molar-refractivity contribution in [1.29, 1.82) is 0 Å². The highest BCUT2D eigenvalue weighted by molar-refractivity contribution is 5.11. The average molecular weight is 256 g/mol. The minimum atomic E-state index is -2.50. The van der Waals surface area contributed by atoms with E-state index in [1.165, 1.54) is 0 Å². The third-order valence-corrected chi connectivity index (χ3v) is 3.98. The minimum absolute atomic E-state index is 0.0781. The molecule has 1 aliphatic heterocycles. The Morgan fingerprint density at radius 3 is 2.72 bits per heavy atom. The molecule has 1 N–H and O–H groups in total. The first-order chi connectivity index (χ1) is 8.57. The summed E-state index contributed by atoms with van der Waals surface area (Å²) in [7, 11) is 0. The molecule has 0 radical (unpaired) electrons. The van der Waals surface area contributed by atoms with Gasteiger partial charge in [0, 0.05) is 31.3 Å². The molecule has 1 aliphatic carbocycles. The lowest BCUT2D eigenvalue weighted by Crippen LogP contribution is -2.38. The Hall–Kier alpha value is -1.04. The highest BCUT2D eigenvalue weighted by Gasteiger charge is 2.48. The molecular formula is C12H18F2N4. The molecule has 0 bridgehead atoms. The van der Waals surface area contributed by atoms with Crippen LogP contribution in [0.2, 0.25) is 0 Å². The molecule has 0 amide bonds. The van der Waals surface area contributed by atoms with Crippen molar-refractivity contribution in [2.45, 2.75) is 50.5 Å². The van der Waals surface area contributed by atoms with Crippen LogP contribution in [0, 0.1) is 6.92 Å². The lowest BCUT2D eigenvalue weighted by atomic mass is 9.80. The fourth-order valence-electron chi connectivity index (χ4n) is 3.01. The molecule has 100 valence electrons. The van der Waals surface area contributed by atoms with E-state index in [0.717, 1.165) is 37.6 Å². The van der Waals surface area contributed by atoms with Crippen molar-refractivity contribution in [2.75, 3.05) is 13.1 Å². The molecular weight excluding hydrogens is 238 g/mol. The van der Waals surface area contributed by atoms with Gasteiger partial charge in [-0.25, -0.2) is 8.78 Å². The number of piperidine rings is 1. The zero-order valence-electron chi connectivity index (χ0n) is 10.5. The molecule has 4 nitrogen and oxygen atoms in total. The summed E-state index contributed by atoms with van der Waals surface area (Å²) in [6.45, 7) is 3.82. The first kappa shape index (κ1) is 12.0. The van der Waals surface area contributed by atoms with E-state index in [0.29, 0.717) is 6.04 Å². The van der Waals surface area contributed by atoms with Gasteiger partial charge in [0.1, 0.15) is 11.6 Å². The fourth-order valence-corrected chi connectivity index (χ4v) is 3.01. The van der Waals surface area contributed by atoms with Gasteiger partial charge in [-0.2, -0.15) is 0 Å². The summed E-state index contributed by atoms with van der Waals surface area (Å²) < 4.78 is 28.0. The molecule has 1 saturated carbocycles. The smallest absolute Gasteiger partial charge is 0.249 e. The number of nitrogens with one attached hydrogen (secondary N) is 1. The number of hydrogen-bond donors (Lipinski definition) is 1. The first-order valence-electron chi connectivity index (χ1n) is 6.57. The average Bonchev–Trinajstić information content (AvgIpc) is 2.69. The molecule has 1 saturated heterocycles. The Kier molecular flexibility index (Phi) is 2.84. The van der Waals surface area contributed by atoms with Gasteiger partial charge in [0.05, 0.1) is 0 Å². The molecule has 0 aromatic carbocycles. The van der Waals surface area contributed by atoms with E-state index in [2.05, 4.69) is 20.1 Å². The van der Waals surface area contributed by atoms with Crippen molar-refractivity contribution in [2.24, 2.45) is 0 Å². The Morgan fingerprint density at radius 2 is 2.11 bits per heavy atom. The molecule has 1 atom stereocenters. The lowest BCUT2D eigenvalue weighted by Gasteiger charge is -2.36. The predicted octanol–water partition coefficient (Wildman–Crippen LogP) is 2.02. The molecule has 6 heteroatoms. The van der Waals surface area contributed by atoms with Gasteiger partial charge < -0.3 is 9.88 Å². The van der Waals surface area contributed by atoms with E-state index in [9.17, 15) is 8.78 Å². The van der Waals surface area contributed by atoms with Gasteiger partial charge in [-0.05, 0) is 26.3 Å². The highest BCUT2D eigenvalue weighted by atomic mass is 19.3. The second kappa shape index (κ2) is 4.26. The number of nitrogens with zero attached hydrogens (tertiary/aromatic N) is 3. The number of rotatable bonds is 2. The highest BCUT2D eigenvalue weighted by Crippen LogP contribution is 2.48. The van der Waals surface area contributed by atoms with Gasteiger partial charge in [0.15, 0.2) is 0 Å². The van der Waals surface area contributed by atoms with E-state index >= 15 is 0 Å². The summed E-state index contributed by atoms with van der Waals surface area (Å²) >= 11 is 0. The van der Waals surface area contributed by atoms with E-state index in [1.807, 2.05) is 6.92 Å². The Labute approximate surface area is 105 Å². The van der Waals surface area contributed by atoms with Crippen LogP contribution in [0.4, 0.5) is 8.78 Å². The molecule has 1 aromatic heterocycles.